The van der Waals surface area contributed by atoms with Crippen LogP contribution in [0, 0.1) is 0 Å². The summed E-state index contributed by atoms with van der Waals surface area (Å²) in [6.45, 7) is 0.247. The monoisotopic (exact) mass is 380 g/mol. The summed E-state index contributed by atoms with van der Waals surface area (Å²) in [6, 6.07) is 20.7. The minimum absolute atomic E-state index is 0.247. The Morgan fingerprint density at radius 1 is 0.926 bits per heavy atom. The first-order valence-electron chi connectivity index (χ1n) is 8.21. The van der Waals surface area contributed by atoms with Gasteiger partial charge in [-0.3, -0.25) is 9.59 Å². The second-order valence-electron chi connectivity index (χ2n) is 5.77. The van der Waals surface area contributed by atoms with Crippen molar-refractivity contribution in [3.8, 4) is 5.75 Å². The van der Waals surface area contributed by atoms with Gasteiger partial charge in [0.1, 0.15) is 12.4 Å². The van der Waals surface area contributed by atoms with Crippen molar-refractivity contribution in [2.24, 2.45) is 5.73 Å². The van der Waals surface area contributed by atoms with E-state index >= 15 is 0 Å². The number of carbonyl (C=O) groups is 2. The molecule has 5 nitrogen and oxygen atoms in total. The van der Waals surface area contributed by atoms with Crippen molar-refractivity contribution in [2.75, 3.05) is 5.32 Å². The van der Waals surface area contributed by atoms with E-state index in [1.54, 1.807) is 54.6 Å². The molecule has 3 rings (SSSR count). The third-order valence-electron chi connectivity index (χ3n) is 3.90. The third kappa shape index (κ3) is 4.65. The molecule has 27 heavy (non-hydrogen) atoms. The van der Waals surface area contributed by atoms with Crippen molar-refractivity contribution in [3.63, 3.8) is 0 Å². The van der Waals surface area contributed by atoms with Crippen molar-refractivity contribution >= 4 is 29.1 Å². The fraction of sp³-hybridized carbons (Fsp3) is 0.0476. The molecule has 0 heterocycles. The maximum atomic E-state index is 12.6. The zero-order valence-electron chi connectivity index (χ0n) is 14.3. The number of amides is 2. The Balaban J connectivity index is 1.73. The molecule has 0 unspecified atom stereocenters. The van der Waals surface area contributed by atoms with Crippen LogP contribution in [0.2, 0.25) is 5.02 Å². The predicted molar refractivity (Wildman–Crippen MR) is 105 cm³/mol. The van der Waals surface area contributed by atoms with Gasteiger partial charge in [-0.05, 0) is 42.5 Å². The molecule has 3 aromatic carbocycles. The van der Waals surface area contributed by atoms with E-state index in [0.717, 1.165) is 5.56 Å². The molecule has 0 atom stereocenters. The Bertz CT molecular complexity index is 971. The highest BCUT2D eigenvalue weighted by Crippen LogP contribution is 2.23. The molecule has 0 fully saturated rings. The van der Waals surface area contributed by atoms with Gasteiger partial charge in [0.15, 0.2) is 0 Å². The van der Waals surface area contributed by atoms with Crippen molar-refractivity contribution in [3.05, 3.63) is 94.5 Å². The Labute approximate surface area is 161 Å². The van der Waals surface area contributed by atoms with E-state index in [1.807, 2.05) is 18.2 Å². The number of benzene rings is 3. The van der Waals surface area contributed by atoms with Gasteiger partial charge in [-0.1, -0.05) is 41.9 Å². The quantitative estimate of drug-likeness (QED) is 0.670. The summed E-state index contributed by atoms with van der Waals surface area (Å²) in [5.74, 6) is -0.397. The number of nitrogens with two attached hydrogens (primary N) is 1. The molecule has 0 saturated carbocycles. The number of carbonyl (C=O) groups excluding carboxylic acids is 2. The van der Waals surface area contributed by atoms with Crippen LogP contribution in [0.5, 0.6) is 5.75 Å². The number of hydrogen-bond donors (Lipinski definition) is 2. The number of hydrogen-bond acceptors (Lipinski definition) is 3. The first-order chi connectivity index (χ1) is 13.0. The van der Waals surface area contributed by atoms with E-state index in [2.05, 4.69) is 5.32 Å². The number of para-hydroxylation sites is 1. The van der Waals surface area contributed by atoms with Gasteiger partial charge in [-0.2, -0.15) is 0 Å². The normalized spacial score (nSPS) is 10.3. The molecule has 136 valence electrons. The largest absolute Gasteiger partial charge is 0.488 e. The highest BCUT2D eigenvalue weighted by atomic mass is 35.5. The van der Waals surface area contributed by atoms with Crippen molar-refractivity contribution in [1.29, 1.82) is 0 Å². The van der Waals surface area contributed by atoms with E-state index in [9.17, 15) is 9.59 Å². The Morgan fingerprint density at radius 2 is 1.59 bits per heavy atom. The molecule has 0 aliphatic carbocycles. The van der Waals surface area contributed by atoms with E-state index < -0.39 is 5.91 Å². The average molecular weight is 381 g/mol. The van der Waals surface area contributed by atoms with E-state index in [4.69, 9.17) is 22.1 Å². The smallest absolute Gasteiger partial charge is 0.259 e. The maximum absolute atomic E-state index is 12.6. The van der Waals surface area contributed by atoms with E-state index in [1.165, 1.54) is 0 Å². The number of primary amides is 1. The summed E-state index contributed by atoms with van der Waals surface area (Å²) < 4.78 is 5.81. The highest BCUT2D eigenvalue weighted by Gasteiger charge is 2.13. The highest BCUT2D eigenvalue weighted by molar-refractivity contribution is 6.31. The number of nitrogens with one attached hydrogen (secondary N) is 1. The lowest BCUT2D eigenvalue weighted by atomic mass is 10.1. The summed E-state index contributed by atoms with van der Waals surface area (Å²) in [7, 11) is 0. The van der Waals surface area contributed by atoms with Crippen LogP contribution in [0.15, 0.2) is 72.8 Å². The lowest BCUT2D eigenvalue weighted by Gasteiger charge is -2.12. The van der Waals surface area contributed by atoms with Crippen LogP contribution in [-0.4, -0.2) is 11.8 Å². The van der Waals surface area contributed by atoms with Crippen LogP contribution in [0.25, 0.3) is 0 Å². The van der Waals surface area contributed by atoms with E-state index in [0.29, 0.717) is 27.6 Å². The number of rotatable bonds is 6. The number of anilines is 1. The van der Waals surface area contributed by atoms with Gasteiger partial charge >= 0.3 is 0 Å². The fourth-order valence-electron chi connectivity index (χ4n) is 2.47. The van der Waals surface area contributed by atoms with Crippen LogP contribution in [0.4, 0.5) is 5.69 Å². The number of ether oxygens (including phenoxy) is 1. The SMILES string of the molecule is NC(=O)c1ccc(NC(=O)c2ccccc2OCc2ccccc2Cl)cc1. The molecule has 6 heteroatoms. The van der Waals surface area contributed by atoms with Crippen molar-refractivity contribution in [1.82, 2.24) is 0 Å². The molecule has 3 aromatic rings. The molecule has 0 spiro atoms. The van der Waals surface area contributed by atoms with Gasteiger partial charge in [-0.25, -0.2) is 0 Å². The van der Waals surface area contributed by atoms with Gasteiger partial charge in [0.2, 0.25) is 5.91 Å². The summed E-state index contributed by atoms with van der Waals surface area (Å²) in [4.78, 5) is 23.7. The number of halogens is 1. The van der Waals surface area contributed by atoms with Crippen LogP contribution < -0.4 is 15.8 Å². The van der Waals surface area contributed by atoms with Gasteiger partial charge in [0.25, 0.3) is 5.91 Å². The zero-order valence-corrected chi connectivity index (χ0v) is 15.1. The molecule has 0 aromatic heterocycles. The first kappa shape index (κ1) is 18.5. The molecule has 0 bridgehead atoms. The van der Waals surface area contributed by atoms with Gasteiger partial charge < -0.3 is 15.8 Å². The average Bonchev–Trinajstić information content (AvgIpc) is 2.68. The molecule has 3 N–H and O–H groups in total. The molecule has 0 saturated heterocycles. The molecule has 0 aliphatic rings. The first-order valence-corrected chi connectivity index (χ1v) is 8.59. The van der Waals surface area contributed by atoms with Crippen molar-refractivity contribution in [2.45, 2.75) is 6.61 Å². The second-order valence-corrected chi connectivity index (χ2v) is 6.18. The molecular formula is C21H17ClN2O3. The molecule has 2 amide bonds. The summed E-state index contributed by atoms with van der Waals surface area (Å²) in [5.41, 5.74) is 7.36. The van der Waals surface area contributed by atoms with Crippen molar-refractivity contribution < 1.29 is 14.3 Å². The van der Waals surface area contributed by atoms with E-state index in [-0.39, 0.29) is 12.5 Å². The lowest BCUT2D eigenvalue weighted by molar-refractivity contribution is 0.0997. The molecule has 0 radical (unpaired) electrons. The lowest BCUT2D eigenvalue weighted by Crippen LogP contribution is -2.14. The third-order valence-corrected chi connectivity index (χ3v) is 4.27. The van der Waals surface area contributed by atoms with Crippen LogP contribution in [-0.2, 0) is 6.61 Å². The molecule has 0 aliphatic heterocycles. The maximum Gasteiger partial charge on any atom is 0.259 e. The minimum atomic E-state index is -0.522. The van der Waals surface area contributed by atoms with Gasteiger partial charge in [-0.15, -0.1) is 0 Å². The summed E-state index contributed by atoms with van der Waals surface area (Å²) in [6.07, 6.45) is 0. The second kappa shape index (κ2) is 8.38. The standard InChI is InChI=1S/C21H17ClN2O3/c22-18-7-3-1-5-15(18)13-27-19-8-4-2-6-17(19)21(26)24-16-11-9-14(10-12-16)20(23)25/h1-12H,13H2,(H2,23,25)(H,24,26). The molecular weight excluding hydrogens is 364 g/mol. The fourth-order valence-corrected chi connectivity index (χ4v) is 2.66. The summed E-state index contributed by atoms with van der Waals surface area (Å²) >= 11 is 6.14. The minimum Gasteiger partial charge on any atom is -0.488 e. The Kier molecular flexibility index (Phi) is 5.74. The van der Waals surface area contributed by atoms with Gasteiger partial charge in [0, 0.05) is 21.8 Å². The predicted octanol–water partition coefficient (Wildman–Crippen LogP) is 4.27. The van der Waals surface area contributed by atoms with Crippen LogP contribution >= 0.6 is 11.6 Å². The zero-order chi connectivity index (χ0) is 19.2. The van der Waals surface area contributed by atoms with Crippen LogP contribution in [0.3, 0.4) is 0 Å². The van der Waals surface area contributed by atoms with Gasteiger partial charge in [0.05, 0.1) is 5.56 Å². The topological polar surface area (TPSA) is 81.4 Å². The van der Waals surface area contributed by atoms with Crippen LogP contribution in [0.1, 0.15) is 26.3 Å². The Hall–Kier alpha value is -3.31. The Morgan fingerprint density at radius 3 is 2.30 bits per heavy atom. The summed E-state index contributed by atoms with van der Waals surface area (Å²) in [5, 5.41) is 3.38.